The second-order valence-corrected chi connectivity index (χ2v) is 14.0. The average molecular weight is 690 g/mol. The fourth-order valence-corrected chi connectivity index (χ4v) is 6.92. The molecule has 5 rings (SSSR count). The Morgan fingerprint density at radius 2 is 1.51 bits per heavy atom. The first-order valence-corrected chi connectivity index (χ1v) is 18.9. The Morgan fingerprint density at radius 3 is 2.18 bits per heavy atom. The van der Waals surface area contributed by atoms with Crippen LogP contribution in [0.4, 0.5) is 5.69 Å². The lowest BCUT2D eigenvalue weighted by atomic mass is 10.0. The number of phenolic OH excluding ortho intramolecular Hbond substituents is 2. The van der Waals surface area contributed by atoms with Gasteiger partial charge in [0.2, 0.25) is 0 Å². The zero-order valence-electron chi connectivity index (χ0n) is 32.1. The summed E-state index contributed by atoms with van der Waals surface area (Å²) in [7, 11) is 0. The molecule has 0 aliphatic heterocycles. The van der Waals surface area contributed by atoms with Gasteiger partial charge in [0.1, 0.15) is 11.5 Å². The minimum Gasteiger partial charge on any atom is -0.507 e. The summed E-state index contributed by atoms with van der Waals surface area (Å²) < 4.78 is 2.50. The first-order valence-electron chi connectivity index (χ1n) is 18.9. The van der Waals surface area contributed by atoms with Gasteiger partial charge in [-0.15, -0.1) is 0 Å². The monoisotopic (exact) mass is 689 g/mol. The highest BCUT2D eigenvalue weighted by Crippen LogP contribution is 2.39. The van der Waals surface area contributed by atoms with Gasteiger partial charge in [0.15, 0.2) is 0 Å². The molecule has 3 N–H and O–H groups in total. The van der Waals surface area contributed by atoms with Crippen LogP contribution in [0.3, 0.4) is 0 Å². The summed E-state index contributed by atoms with van der Waals surface area (Å²) in [5.74, 6) is 0.806. The molecule has 1 heterocycles. The van der Waals surface area contributed by atoms with Crippen LogP contribution < -0.4 is 5.32 Å². The highest BCUT2D eigenvalue weighted by molar-refractivity contribution is 6.05. The average Bonchev–Trinajstić information content (AvgIpc) is 3.35. The molecule has 6 heteroatoms. The van der Waals surface area contributed by atoms with E-state index in [4.69, 9.17) is 0 Å². The van der Waals surface area contributed by atoms with E-state index in [-0.39, 0.29) is 17.4 Å². The molecule has 0 aliphatic carbocycles. The quantitative estimate of drug-likeness (QED) is 0.102. The number of phenols is 2. The van der Waals surface area contributed by atoms with Crippen LogP contribution in [0.2, 0.25) is 0 Å². The molecule has 6 nitrogen and oxygen atoms in total. The van der Waals surface area contributed by atoms with Crippen LogP contribution in [0.1, 0.15) is 93.5 Å². The van der Waals surface area contributed by atoms with Gasteiger partial charge in [-0.2, -0.15) is 0 Å². The van der Waals surface area contributed by atoms with Crippen molar-refractivity contribution in [3.63, 3.8) is 0 Å². The summed E-state index contributed by atoms with van der Waals surface area (Å²) >= 11 is 0. The maximum Gasteiger partial charge on any atom is 0.255 e. The molecular formula is C45H59N3O3. The van der Waals surface area contributed by atoms with Crippen molar-refractivity contribution in [3.8, 4) is 22.6 Å². The molecule has 51 heavy (non-hydrogen) atoms. The smallest absolute Gasteiger partial charge is 0.255 e. The number of aromatic hydroxyl groups is 2. The molecule has 0 radical (unpaired) electrons. The van der Waals surface area contributed by atoms with E-state index in [1.165, 1.54) is 65.7 Å². The van der Waals surface area contributed by atoms with Gasteiger partial charge < -0.3 is 25.0 Å². The molecule has 0 saturated heterocycles. The van der Waals surface area contributed by atoms with E-state index in [1.807, 2.05) is 62.4 Å². The fourth-order valence-electron chi connectivity index (χ4n) is 6.92. The number of benzene rings is 4. The standard InChI is InChI=1S/C43H53N3O3.C2H6/c1-7-20-45(21-19-29(3)8-2)27-30(4)28-46-32(6)31(5)38-24-34(17-18-39(38)46)22-33-13-12-16-36(23-33)43(49)44-37-25-40(47)42(41(48)26-37)35-14-10-9-11-15-35;1-2/h9-18,23-26,29-30,47-48H,7-8,19-22,27-28H2,1-6H3,(H,44,49);1-2H3. The van der Waals surface area contributed by atoms with Crippen molar-refractivity contribution >= 4 is 22.5 Å². The summed E-state index contributed by atoms with van der Waals surface area (Å²) in [5.41, 5.74) is 8.03. The number of hydrogen-bond donors (Lipinski definition) is 3. The Labute approximate surface area is 306 Å². The molecule has 0 saturated carbocycles. The van der Waals surface area contributed by atoms with Gasteiger partial charge in [-0.3, -0.25) is 4.79 Å². The first-order chi connectivity index (χ1) is 24.6. The van der Waals surface area contributed by atoms with E-state index < -0.39 is 0 Å². The zero-order valence-corrected chi connectivity index (χ0v) is 32.1. The highest BCUT2D eigenvalue weighted by Gasteiger charge is 2.18. The third kappa shape index (κ3) is 10.0. The van der Waals surface area contributed by atoms with E-state index in [0.717, 1.165) is 31.1 Å². The number of aromatic nitrogens is 1. The number of aryl methyl sites for hydroxylation is 1. The van der Waals surface area contributed by atoms with Crippen LogP contribution in [-0.4, -0.2) is 45.2 Å². The molecule has 1 amide bonds. The van der Waals surface area contributed by atoms with Gasteiger partial charge in [-0.05, 0) is 105 Å². The number of amides is 1. The number of carbonyl (C=O) groups is 1. The topological polar surface area (TPSA) is 77.7 Å². The number of fused-ring (bicyclic) bond motifs is 1. The second kappa shape index (κ2) is 18.6. The Morgan fingerprint density at radius 1 is 0.824 bits per heavy atom. The number of nitrogens with one attached hydrogen (secondary N) is 1. The SMILES string of the molecule is CC.CCCN(CCC(C)CC)CC(C)Cn1c(C)c(C)c2cc(Cc3cccc(C(=O)Nc4cc(O)c(-c5ccccc5)c(O)c4)c3)ccc21. The molecule has 0 spiro atoms. The first kappa shape index (κ1) is 39.2. The molecular weight excluding hydrogens is 631 g/mol. The van der Waals surface area contributed by atoms with Crippen LogP contribution in [0.5, 0.6) is 11.5 Å². The van der Waals surface area contributed by atoms with Gasteiger partial charge in [0.25, 0.3) is 5.91 Å². The summed E-state index contributed by atoms with van der Waals surface area (Å²) in [5, 5.41) is 25.4. The summed E-state index contributed by atoms with van der Waals surface area (Å²) in [6, 6.07) is 26.5. The predicted molar refractivity (Wildman–Crippen MR) is 215 cm³/mol. The van der Waals surface area contributed by atoms with Crippen LogP contribution in [0, 0.1) is 25.7 Å². The summed E-state index contributed by atoms with van der Waals surface area (Å²) in [6.45, 7) is 22.2. The maximum atomic E-state index is 13.2. The van der Waals surface area contributed by atoms with Crippen molar-refractivity contribution in [2.45, 2.75) is 87.6 Å². The molecule has 1 aromatic heterocycles. The van der Waals surface area contributed by atoms with Gasteiger partial charge in [0, 0.05) is 53.1 Å². The van der Waals surface area contributed by atoms with Gasteiger partial charge in [-0.25, -0.2) is 0 Å². The van der Waals surface area contributed by atoms with Crippen molar-refractivity contribution < 1.29 is 15.0 Å². The minimum atomic E-state index is -0.307. The molecule has 0 aliphatic rings. The Kier molecular flexibility index (Phi) is 14.3. The van der Waals surface area contributed by atoms with E-state index in [9.17, 15) is 15.0 Å². The van der Waals surface area contributed by atoms with Gasteiger partial charge >= 0.3 is 0 Å². The lowest BCUT2D eigenvalue weighted by Gasteiger charge is -2.27. The van der Waals surface area contributed by atoms with Crippen LogP contribution in [0.25, 0.3) is 22.0 Å². The molecule has 0 fully saturated rings. The molecule has 4 aromatic carbocycles. The Hall–Kier alpha value is -4.55. The fraction of sp³-hybridized carbons (Fsp3) is 0.400. The van der Waals surface area contributed by atoms with Crippen LogP contribution >= 0.6 is 0 Å². The van der Waals surface area contributed by atoms with Gasteiger partial charge in [-0.1, -0.05) is 96.5 Å². The molecule has 2 unspecified atom stereocenters. The number of rotatable bonds is 15. The Bertz CT molecular complexity index is 1850. The van der Waals surface area contributed by atoms with Crippen LogP contribution in [-0.2, 0) is 13.0 Å². The molecule has 0 bridgehead atoms. The largest absolute Gasteiger partial charge is 0.507 e. The van der Waals surface area contributed by atoms with E-state index in [0.29, 0.717) is 34.7 Å². The molecule has 272 valence electrons. The van der Waals surface area contributed by atoms with Crippen molar-refractivity contribution in [3.05, 3.63) is 113 Å². The third-order valence-electron chi connectivity index (χ3n) is 9.96. The highest BCUT2D eigenvalue weighted by atomic mass is 16.3. The summed E-state index contributed by atoms with van der Waals surface area (Å²) in [6.07, 6.45) is 4.40. The van der Waals surface area contributed by atoms with E-state index >= 15 is 0 Å². The molecule has 5 aromatic rings. The number of nitrogens with zero attached hydrogens (tertiary/aromatic N) is 2. The molecule has 2 atom stereocenters. The Balaban J connectivity index is 0.00000286. The zero-order chi connectivity index (χ0) is 37.1. The van der Waals surface area contributed by atoms with E-state index in [1.54, 1.807) is 6.07 Å². The lowest BCUT2D eigenvalue weighted by molar-refractivity contribution is 0.102. The van der Waals surface area contributed by atoms with E-state index in [2.05, 4.69) is 74.5 Å². The summed E-state index contributed by atoms with van der Waals surface area (Å²) in [4.78, 5) is 15.9. The van der Waals surface area contributed by atoms with Crippen molar-refractivity contribution in [1.29, 1.82) is 0 Å². The number of hydrogen-bond acceptors (Lipinski definition) is 4. The second-order valence-electron chi connectivity index (χ2n) is 14.0. The van der Waals surface area contributed by atoms with Crippen molar-refractivity contribution in [1.82, 2.24) is 9.47 Å². The van der Waals surface area contributed by atoms with Crippen molar-refractivity contribution in [2.24, 2.45) is 11.8 Å². The number of carbonyl (C=O) groups excluding carboxylic acids is 1. The van der Waals surface area contributed by atoms with Crippen LogP contribution in [0.15, 0.2) is 84.9 Å². The predicted octanol–water partition coefficient (Wildman–Crippen LogP) is 11.0. The van der Waals surface area contributed by atoms with Crippen molar-refractivity contribution in [2.75, 3.05) is 25.0 Å². The van der Waals surface area contributed by atoms with Gasteiger partial charge in [0.05, 0.1) is 5.56 Å². The maximum absolute atomic E-state index is 13.2. The number of anilines is 1. The third-order valence-corrected chi connectivity index (χ3v) is 9.96. The normalized spacial score (nSPS) is 12.4. The lowest BCUT2D eigenvalue weighted by Crippen LogP contribution is -2.32. The minimum absolute atomic E-state index is 0.102.